The Bertz CT molecular complexity index is 491. The van der Waals surface area contributed by atoms with Crippen molar-refractivity contribution in [2.24, 2.45) is 0 Å². The van der Waals surface area contributed by atoms with Crippen molar-refractivity contribution in [2.45, 2.75) is 6.92 Å². The van der Waals surface area contributed by atoms with E-state index in [1.54, 1.807) is 0 Å². The number of aryl methyl sites for hydroxylation is 1. The molecule has 0 aliphatic heterocycles. The molecule has 0 spiro atoms. The Kier molecular flexibility index (Phi) is 3.25. The Morgan fingerprint density at radius 2 is 1.80 bits per heavy atom. The molecule has 0 aromatic carbocycles. The SMILES string of the molecule is Cc1nc(-c2nc(Cl)c(Br)c(Cl)n2)cs1. The summed E-state index contributed by atoms with van der Waals surface area (Å²) in [6, 6.07) is 0. The summed E-state index contributed by atoms with van der Waals surface area (Å²) in [7, 11) is 0. The smallest absolute Gasteiger partial charge is 0.181 e. The summed E-state index contributed by atoms with van der Waals surface area (Å²) < 4.78 is 0.501. The van der Waals surface area contributed by atoms with Gasteiger partial charge in [0.05, 0.1) is 9.48 Å². The first kappa shape index (κ1) is 11.3. The molecule has 0 atom stereocenters. The second kappa shape index (κ2) is 4.33. The highest BCUT2D eigenvalue weighted by atomic mass is 79.9. The maximum Gasteiger partial charge on any atom is 0.181 e. The molecule has 2 rings (SSSR count). The van der Waals surface area contributed by atoms with Gasteiger partial charge in [-0.25, -0.2) is 15.0 Å². The second-order valence-corrected chi connectivity index (χ2v) is 5.27. The summed E-state index contributed by atoms with van der Waals surface area (Å²) in [5, 5.41) is 3.39. The largest absolute Gasteiger partial charge is 0.238 e. The third-order valence-corrected chi connectivity index (χ3v) is 4.15. The van der Waals surface area contributed by atoms with Crippen molar-refractivity contribution in [3.8, 4) is 11.5 Å². The van der Waals surface area contributed by atoms with Crippen LogP contribution in [-0.4, -0.2) is 15.0 Å². The molecule has 15 heavy (non-hydrogen) atoms. The van der Waals surface area contributed by atoms with E-state index >= 15 is 0 Å². The van der Waals surface area contributed by atoms with Crippen molar-refractivity contribution in [2.75, 3.05) is 0 Å². The monoisotopic (exact) mass is 323 g/mol. The molecule has 2 aromatic heterocycles. The van der Waals surface area contributed by atoms with Gasteiger partial charge in [0.25, 0.3) is 0 Å². The minimum Gasteiger partial charge on any atom is -0.238 e. The molecule has 0 aliphatic carbocycles. The lowest BCUT2D eigenvalue weighted by Gasteiger charge is -2.00. The lowest BCUT2D eigenvalue weighted by Crippen LogP contribution is -1.92. The van der Waals surface area contributed by atoms with Crippen LogP contribution in [-0.2, 0) is 0 Å². The number of hydrogen-bond acceptors (Lipinski definition) is 4. The first-order chi connectivity index (χ1) is 7.08. The standard InChI is InChI=1S/C8H4BrCl2N3S/c1-3-12-4(2-15-3)8-13-6(10)5(9)7(11)14-8/h2H,1H3. The van der Waals surface area contributed by atoms with Crippen LogP contribution in [0.2, 0.25) is 10.3 Å². The van der Waals surface area contributed by atoms with E-state index in [9.17, 15) is 0 Å². The lowest BCUT2D eigenvalue weighted by molar-refractivity contribution is 1.13. The van der Waals surface area contributed by atoms with E-state index in [4.69, 9.17) is 23.2 Å². The zero-order valence-corrected chi connectivity index (χ0v) is 11.4. The summed E-state index contributed by atoms with van der Waals surface area (Å²) >= 11 is 16.4. The van der Waals surface area contributed by atoms with Crippen LogP contribution >= 0.6 is 50.5 Å². The van der Waals surface area contributed by atoms with Gasteiger partial charge >= 0.3 is 0 Å². The van der Waals surface area contributed by atoms with Gasteiger partial charge in [0, 0.05) is 5.38 Å². The van der Waals surface area contributed by atoms with Crippen molar-refractivity contribution in [3.63, 3.8) is 0 Å². The molecule has 0 fully saturated rings. The normalized spacial score (nSPS) is 10.7. The molecule has 2 aromatic rings. The van der Waals surface area contributed by atoms with Crippen molar-refractivity contribution in [3.05, 3.63) is 25.2 Å². The average molecular weight is 325 g/mol. The molecule has 0 aliphatic rings. The molecule has 78 valence electrons. The van der Waals surface area contributed by atoms with Crippen LogP contribution in [0.4, 0.5) is 0 Å². The van der Waals surface area contributed by atoms with E-state index in [0.717, 1.165) is 5.01 Å². The van der Waals surface area contributed by atoms with Gasteiger partial charge in [-0.3, -0.25) is 0 Å². The Morgan fingerprint density at radius 1 is 1.20 bits per heavy atom. The second-order valence-electron chi connectivity index (χ2n) is 2.69. The summed E-state index contributed by atoms with van der Waals surface area (Å²) in [5.74, 6) is 0.442. The Balaban J connectivity index is 2.55. The highest BCUT2D eigenvalue weighted by Crippen LogP contribution is 2.30. The fraction of sp³-hybridized carbons (Fsp3) is 0.125. The van der Waals surface area contributed by atoms with Gasteiger partial charge in [0.1, 0.15) is 16.0 Å². The van der Waals surface area contributed by atoms with Crippen LogP contribution in [0.25, 0.3) is 11.5 Å². The quantitative estimate of drug-likeness (QED) is 0.745. The molecule has 0 bridgehead atoms. The number of thiazole rings is 1. The van der Waals surface area contributed by atoms with Crippen molar-refractivity contribution in [1.29, 1.82) is 0 Å². The number of rotatable bonds is 1. The maximum atomic E-state index is 5.87. The number of nitrogens with zero attached hydrogens (tertiary/aromatic N) is 3. The van der Waals surface area contributed by atoms with Crippen LogP contribution in [0.15, 0.2) is 9.85 Å². The molecule has 3 nitrogen and oxygen atoms in total. The Morgan fingerprint density at radius 3 is 2.27 bits per heavy atom. The predicted molar refractivity (Wildman–Crippen MR) is 65.6 cm³/mol. The van der Waals surface area contributed by atoms with Gasteiger partial charge in [-0.05, 0) is 22.9 Å². The third-order valence-electron chi connectivity index (χ3n) is 1.62. The number of aromatic nitrogens is 3. The molecule has 0 unspecified atom stereocenters. The van der Waals surface area contributed by atoms with E-state index in [-0.39, 0.29) is 10.3 Å². The van der Waals surface area contributed by atoms with Gasteiger partial charge < -0.3 is 0 Å². The maximum absolute atomic E-state index is 5.87. The average Bonchev–Trinajstić information content (AvgIpc) is 2.60. The molecule has 2 heterocycles. The summed E-state index contributed by atoms with van der Waals surface area (Å²) in [5.41, 5.74) is 0.689. The van der Waals surface area contributed by atoms with E-state index in [2.05, 4.69) is 30.9 Å². The first-order valence-corrected chi connectivity index (χ1v) is 6.32. The van der Waals surface area contributed by atoms with Gasteiger partial charge in [0.15, 0.2) is 5.82 Å². The van der Waals surface area contributed by atoms with Crippen LogP contribution in [0.1, 0.15) is 5.01 Å². The third kappa shape index (κ3) is 2.30. The zero-order valence-electron chi connectivity index (χ0n) is 7.46. The first-order valence-electron chi connectivity index (χ1n) is 3.89. The van der Waals surface area contributed by atoms with Gasteiger partial charge in [-0.1, -0.05) is 23.2 Å². The van der Waals surface area contributed by atoms with E-state index in [1.807, 2.05) is 12.3 Å². The van der Waals surface area contributed by atoms with Crippen molar-refractivity contribution in [1.82, 2.24) is 15.0 Å². The molecule has 0 amide bonds. The number of hydrogen-bond donors (Lipinski definition) is 0. The van der Waals surface area contributed by atoms with Crippen LogP contribution in [0.5, 0.6) is 0 Å². The topological polar surface area (TPSA) is 38.7 Å². The summed E-state index contributed by atoms with van der Waals surface area (Å²) in [4.78, 5) is 12.4. The molecular weight excluding hydrogens is 321 g/mol. The van der Waals surface area contributed by atoms with E-state index in [1.165, 1.54) is 11.3 Å². The predicted octanol–water partition coefficient (Wildman–Crippen LogP) is 3.98. The van der Waals surface area contributed by atoms with Gasteiger partial charge in [-0.2, -0.15) is 0 Å². The molecule has 0 N–H and O–H groups in total. The molecular formula is C8H4BrCl2N3S. The molecule has 0 saturated carbocycles. The van der Waals surface area contributed by atoms with Crippen LogP contribution in [0, 0.1) is 6.92 Å². The van der Waals surface area contributed by atoms with Crippen LogP contribution in [0.3, 0.4) is 0 Å². The van der Waals surface area contributed by atoms with E-state index < -0.39 is 0 Å². The van der Waals surface area contributed by atoms with E-state index in [0.29, 0.717) is 16.0 Å². The van der Waals surface area contributed by atoms with Gasteiger partial charge in [0.2, 0.25) is 0 Å². The van der Waals surface area contributed by atoms with Crippen LogP contribution < -0.4 is 0 Å². The highest BCUT2D eigenvalue weighted by Gasteiger charge is 2.12. The molecule has 7 heteroatoms. The zero-order chi connectivity index (χ0) is 11.0. The minimum atomic E-state index is 0.288. The molecule has 0 saturated heterocycles. The fourth-order valence-electron chi connectivity index (χ4n) is 0.975. The van der Waals surface area contributed by atoms with Crippen molar-refractivity contribution < 1.29 is 0 Å². The lowest BCUT2D eigenvalue weighted by atomic mass is 10.4. The minimum absolute atomic E-state index is 0.288. The highest BCUT2D eigenvalue weighted by molar-refractivity contribution is 9.10. The Labute approximate surface area is 109 Å². The summed E-state index contributed by atoms with van der Waals surface area (Å²) in [6.45, 7) is 1.91. The number of halogens is 3. The summed E-state index contributed by atoms with van der Waals surface area (Å²) in [6.07, 6.45) is 0. The Hall–Kier alpha value is -0.230. The fourth-order valence-corrected chi connectivity index (χ4v) is 2.13. The van der Waals surface area contributed by atoms with Gasteiger partial charge in [-0.15, -0.1) is 11.3 Å². The molecule has 0 radical (unpaired) electrons. The van der Waals surface area contributed by atoms with Crippen molar-refractivity contribution >= 4 is 50.5 Å².